The number of carbonyl (C=O) groups excluding carboxylic acids is 1. The van der Waals surface area contributed by atoms with E-state index in [4.69, 9.17) is 4.74 Å². The molecule has 0 unspecified atom stereocenters. The van der Waals surface area contributed by atoms with Crippen molar-refractivity contribution in [2.24, 2.45) is 0 Å². The summed E-state index contributed by atoms with van der Waals surface area (Å²) in [5.41, 5.74) is 0.117. The van der Waals surface area contributed by atoms with Crippen LogP contribution in [0.4, 0.5) is 0 Å². The van der Waals surface area contributed by atoms with Gasteiger partial charge >= 0.3 is 0 Å². The molecule has 1 atom stereocenters. The lowest BCUT2D eigenvalue weighted by Crippen LogP contribution is -2.57. The number of nitrogens with zero attached hydrogens (tertiary/aromatic N) is 2. The van der Waals surface area contributed by atoms with Gasteiger partial charge in [-0.3, -0.25) is 9.69 Å². The van der Waals surface area contributed by atoms with Crippen LogP contribution in [0.5, 0.6) is 0 Å². The van der Waals surface area contributed by atoms with E-state index in [1.54, 1.807) is 0 Å². The van der Waals surface area contributed by atoms with Gasteiger partial charge in [0, 0.05) is 50.7 Å². The minimum Gasteiger partial charge on any atom is -0.379 e. The Hall–Kier alpha value is -0.650. The first-order valence-corrected chi connectivity index (χ1v) is 8.54. The smallest absolute Gasteiger partial charge is 0.224 e. The molecule has 1 amide bonds. The molecule has 0 aromatic heterocycles. The van der Waals surface area contributed by atoms with Crippen LogP contribution in [0.1, 0.15) is 39.0 Å². The number of hydrogen-bond acceptors (Lipinski definition) is 4. The molecule has 120 valence electrons. The molecule has 2 heterocycles. The Labute approximate surface area is 128 Å². The second kappa shape index (κ2) is 6.63. The van der Waals surface area contributed by atoms with E-state index in [2.05, 4.69) is 22.0 Å². The summed E-state index contributed by atoms with van der Waals surface area (Å²) in [6, 6.07) is 0.328. The zero-order valence-corrected chi connectivity index (χ0v) is 13.3. The van der Waals surface area contributed by atoms with Crippen molar-refractivity contribution >= 4 is 5.91 Å². The van der Waals surface area contributed by atoms with E-state index in [1.807, 2.05) is 0 Å². The van der Waals surface area contributed by atoms with Gasteiger partial charge in [0.15, 0.2) is 0 Å². The fraction of sp³-hybridized carbons (Fsp3) is 0.938. The van der Waals surface area contributed by atoms with Crippen LogP contribution in [0.15, 0.2) is 0 Å². The van der Waals surface area contributed by atoms with E-state index < -0.39 is 0 Å². The van der Waals surface area contributed by atoms with E-state index in [9.17, 15) is 4.79 Å². The van der Waals surface area contributed by atoms with Gasteiger partial charge in [0.05, 0.1) is 13.2 Å². The highest BCUT2D eigenvalue weighted by Crippen LogP contribution is 2.39. The van der Waals surface area contributed by atoms with Gasteiger partial charge in [0.2, 0.25) is 5.91 Å². The molecule has 1 saturated carbocycles. The lowest BCUT2D eigenvalue weighted by molar-refractivity contribution is -0.138. The molecule has 3 fully saturated rings. The molecule has 3 rings (SSSR count). The zero-order valence-electron chi connectivity index (χ0n) is 13.3. The van der Waals surface area contributed by atoms with Crippen LogP contribution in [-0.2, 0) is 9.53 Å². The molecule has 2 saturated heterocycles. The highest BCUT2D eigenvalue weighted by atomic mass is 16.5. The standard InChI is InChI=1S/C16H29N3O2/c1-14-13-17-6-7-19(14)15(20)12-16(4-2-3-5-16)18-8-10-21-11-9-18/h14,17H,2-13H2,1H3/t14-/m1/s1. The summed E-state index contributed by atoms with van der Waals surface area (Å²) >= 11 is 0. The summed E-state index contributed by atoms with van der Waals surface area (Å²) in [6.07, 6.45) is 5.60. The van der Waals surface area contributed by atoms with E-state index >= 15 is 0 Å². The van der Waals surface area contributed by atoms with Gasteiger partial charge in [-0.15, -0.1) is 0 Å². The first kappa shape index (κ1) is 15.3. The Balaban J connectivity index is 1.68. The van der Waals surface area contributed by atoms with Crippen molar-refractivity contribution in [2.75, 3.05) is 45.9 Å². The van der Waals surface area contributed by atoms with Crippen molar-refractivity contribution in [1.82, 2.24) is 15.1 Å². The maximum absolute atomic E-state index is 12.9. The molecular formula is C16H29N3O2. The zero-order chi connectivity index (χ0) is 14.7. The molecule has 3 aliphatic rings. The maximum Gasteiger partial charge on any atom is 0.224 e. The number of carbonyl (C=O) groups is 1. The summed E-state index contributed by atoms with van der Waals surface area (Å²) in [6.45, 7) is 8.49. The molecular weight excluding hydrogens is 266 g/mol. The molecule has 1 N–H and O–H groups in total. The van der Waals surface area contributed by atoms with Gasteiger partial charge in [-0.2, -0.15) is 0 Å². The van der Waals surface area contributed by atoms with Gasteiger partial charge in [-0.1, -0.05) is 12.8 Å². The van der Waals surface area contributed by atoms with Crippen LogP contribution < -0.4 is 5.32 Å². The summed E-state index contributed by atoms with van der Waals surface area (Å²) in [4.78, 5) is 17.5. The molecule has 5 nitrogen and oxygen atoms in total. The van der Waals surface area contributed by atoms with Gasteiger partial charge in [-0.25, -0.2) is 0 Å². The fourth-order valence-corrected chi connectivity index (χ4v) is 4.27. The highest BCUT2D eigenvalue weighted by Gasteiger charge is 2.43. The molecule has 1 aliphatic carbocycles. The summed E-state index contributed by atoms with van der Waals surface area (Å²) in [5.74, 6) is 0.359. The van der Waals surface area contributed by atoms with Crippen molar-refractivity contribution in [1.29, 1.82) is 0 Å². The Morgan fingerprint density at radius 2 is 1.95 bits per heavy atom. The number of rotatable bonds is 3. The monoisotopic (exact) mass is 295 g/mol. The van der Waals surface area contributed by atoms with Crippen LogP contribution in [-0.4, -0.2) is 73.2 Å². The second-order valence-corrected chi connectivity index (χ2v) is 6.85. The van der Waals surface area contributed by atoms with Gasteiger partial charge < -0.3 is 15.0 Å². The normalized spacial score (nSPS) is 30.5. The molecule has 0 aromatic carbocycles. The van der Waals surface area contributed by atoms with Crippen molar-refractivity contribution < 1.29 is 9.53 Å². The maximum atomic E-state index is 12.9. The van der Waals surface area contributed by atoms with E-state index in [0.29, 0.717) is 18.4 Å². The molecule has 0 radical (unpaired) electrons. The number of amides is 1. The summed E-state index contributed by atoms with van der Waals surface area (Å²) in [7, 11) is 0. The lowest BCUT2D eigenvalue weighted by atomic mass is 9.89. The van der Waals surface area contributed by atoms with Crippen LogP contribution in [0.25, 0.3) is 0 Å². The molecule has 0 spiro atoms. The van der Waals surface area contributed by atoms with E-state index in [0.717, 1.165) is 45.9 Å². The minimum atomic E-state index is 0.117. The average molecular weight is 295 g/mol. The van der Waals surface area contributed by atoms with Gasteiger partial charge in [0.1, 0.15) is 0 Å². The van der Waals surface area contributed by atoms with Crippen LogP contribution in [0.2, 0.25) is 0 Å². The number of morpholine rings is 1. The number of hydrogen-bond donors (Lipinski definition) is 1. The van der Waals surface area contributed by atoms with Crippen molar-refractivity contribution in [3.63, 3.8) is 0 Å². The first-order valence-electron chi connectivity index (χ1n) is 8.54. The second-order valence-electron chi connectivity index (χ2n) is 6.85. The third kappa shape index (κ3) is 3.25. The van der Waals surface area contributed by atoms with E-state index in [-0.39, 0.29) is 5.54 Å². The van der Waals surface area contributed by atoms with Crippen LogP contribution in [0.3, 0.4) is 0 Å². The molecule has 2 aliphatic heterocycles. The predicted octanol–water partition coefficient (Wildman–Crippen LogP) is 0.842. The summed E-state index contributed by atoms with van der Waals surface area (Å²) < 4.78 is 5.50. The molecule has 21 heavy (non-hydrogen) atoms. The SMILES string of the molecule is C[C@@H]1CNCCN1C(=O)CC1(N2CCOCC2)CCCC1. The van der Waals surface area contributed by atoms with Crippen molar-refractivity contribution in [3.8, 4) is 0 Å². The Bertz CT molecular complexity index is 363. The average Bonchev–Trinajstić information content (AvgIpc) is 2.98. The van der Waals surface area contributed by atoms with Gasteiger partial charge in [0.25, 0.3) is 0 Å². The quantitative estimate of drug-likeness (QED) is 0.838. The van der Waals surface area contributed by atoms with Crippen molar-refractivity contribution in [2.45, 2.75) is 50.6 Å². The Morgan fingerprint density at radius 3 is 2.62 bits per heavy atom. The largest absolute Gasteiger partial charge is 0.379 e. The van der Waals surface area contributed by atoms with Gasteiger partial charge in [-0.05, 0) is 19.8 Å². The highest BCUT2D eigenvalue weighted by molar-refractivity contribution is 5.78. The fourth-order valence-electron chi connectivity index (χ4n) is 4.27. The third-order valence-corrected chi connectivity index (χ3v) is 5.52. The molecule has 0 bridgehead atoms. The number of ether oxygens (including phenoxy) is 1. The summed E-state index contributed by atoms with van der Waals surface area (Å²) in [5, 5.41) is 3.37. The number of nitrogens with one attached hydrogen (secondary N) is 1. The molecule has 5 heteroatoms. The first-order chi connectivity index (χ1) is 10.2. The third-order valence-electron chi connectivity index (χ3n) is 5.52. The molecule has 0 aromatic rings. The van der Waals surface area contributed by atoms with Crippen LogP contribution in [0, 0.1) is 0 Å². The Kier molecular flexibility index (Phi) is 4.82. The topological polar surface area (TPSA) is 44.8 Å². The number of piperazine rings is 1. The Morgan fingerprint density at radius 1 is 1.24 bits per heavy atom. The minimum absolute atomic E-state index is 0.117. The van der Waals surface area contributed by atoms with Crippen LogP contribution >= 0.6 is 0 Å². The predicted molar refractivity (Wildman–Crippen MR) is 82.3 cm³/mol. The van der Waals surface area contributed by atoms with E-state index in [1.165, 1.54) is 25.7 Å². The van der Waals surface area contributed by atoms with Crippen molar-refractivity contribution in [3.05, 3.63) is 0 Å². The lowest BCUT2D eigenvalue weighted by Gasteiger charge is -2.45.